The summed E-state index contributed by atoms with van der Waals surface area (Å²) < 4.78 is 0.367. The highest BCUT2D eigenvalue weighted by Crippen LogP contribution is 2.64. The van der Waals surface area contributed by atoms with Crippen LogP contribution in [0.3, 0.4) is 0 Å². The lowest BCUT2D eigenvalue weighted by Crippen LogP contribution is -2.48. The molecule has 0 aromatic heterocycles. The van der Waals surface area contributed by atoms with Crippen molar-refractivity contribution in [2.45, 2.75) is 42.6 Å². The molecular weight excluding hydrogens is 448 g/mol. The van der Waals surface area contributed by atoms with Crippen molar-refractivity contribution in [3.63, 3.8) is 0 Å². The van der Waals surface area contributed by atoms with Gasteiger partial charge in [-0.1, -0.05) is 48.9 Å². The Kier molecular flexibility index (Phi) is 7.02. The number of anilines is 1. The van der Waals surface area contributed by atoms with Crippen molar-refractivity contribution in [1.82, 2.24) is 5.32 Å². The van der Waals surface area contributed by atoms with Crippen LogP contribution in [-0.4, -0.2) is 33.9 Å². The smallest absolute Gasteiger partial charge is 0.253 e. The van der Waals surface area contributed by atoms with E-state index in [1.807, 2.05) is 36.4 Å². The highest BCUT2D eigenvalue weighted by Gasteiger charge is 2.55. The van der Waals surface area contributed by atoms with E-state index in [-0.39, 0.29) is 17.7 Å². The lowest BCUT2D eigenvalue weighted by atomic mass is 9.67. The lowest BCUT2D eigenvalue weighted by molar-refractivity contribution is -0.122. The summed E-state index contributed by atoms with van der Waals surface area (Å²) in [5.74, 6) is 3.76. The van der Waals surface area contributed by atoms with Gasteiger partial charge in [-0.3, -0.25) is 9.59 Å². The molecule has 1 aliphatic heterocycles. The van der Waals surface area contributed by atoms with Gasteiger partial charge in [-0.25, -0.2) is 0 Å². The molecule has 2 amide bonds. The van der Waals surface area contributed by atoms with Gasteiger partial charge in [0.15, 0.2) is 0 Å². The zero-order chi connectivity index (χ0) is 22.7. The second kappa shape index (κ2) is 10.1. The number of rotatable bonds is 6. The number of nitrogens with one attached hydrogen (secondary N) is 2. The topological polar surface area (TPSA) is 58.2 Å². The summed E-state index contributed by atoms with van der Waals surface area (Å²) in [7, 11) is 0. The maximum Gasteiger partial charge on any atom is 0.253 e. The zero-order valence-electron chi connectivity index (χ0n) is 18.9. The van der Waals surface area contributed by atoms with E-state index in [1.165, 1.54) is 36.3 Å². The minimum atomic E-state index is -0.139. The van der Waals surface area contributed by atoms with Crippen LogP contribution in [-0.2, 0) is 11.2 Å². The molecule has 174 valence electrons. The van der Waals surface area contributed by atoms with Crippen molar-refractivity contribution in [1.29, 1.82) is 0 Å². The summed E-state index contributed by atoms with van der Waals surface area (Å²) in [6, 6.07) is 17.5. The molecule has 1 spiro atoms. The summed E-state index contributed by atoms with van der Waals surface area (Å²) >= 11 is 4.33. The second-order valence-electron chi connectivity index (χ2n) is 9.44. The number of hydrogen-bond acceptors (Lipinski definition) is 4. The summed E-state index contributed by atoms with van der Waals surface area (Å²) in [5.41, 5.74) is 2.35. The number of thioether (sulfide) groups is 2. The Morgan fingerprint density at radius 1 is 0.909 bits per heavy atom. The molecule has 6 heteroatoms. The van der Waals surface area contributed by atoms with E-state index in [0.29, 0.717) is 33.7 Å². The van der Waals surface area contributed by atoms with Gasteiger partial charge in [-0.15, -0.1) is 23.5 Å². The third kappa shape index (κ3) is 4.83. The fourth-order valence-electron chi connectivity index (χ4n) is 5.91. The van der Waals surface area contributed by atoms with Crippen molar-refractivity contribution in [2.24, 2.45) is 17.8 Å². The minimum absolute atomic E-state index is 0.0434. The van der Waals surface area contributed by atoms with Crippen molar-refractivity contribution in [2.75, 3.05) is 23.4 Å². The van der Waals surface area contributed by atoms with Crippen LogP contribution in [0.1, 0.15) is 48.0 Å². The predicted molar refractivity (Wildman–Crippen MR) is 139 cm³/mol. The Hall–Kier alpha value is -1.92. The summed E-state index contributed by atoms with van der Waals surface area (Å²) in [4.78, 5) is 26.2. The van der Waals surface area contributed by atoms with Gasteiger partial charge in [0.1, 0.15) is 0 Å². The van der Waals surface area contributed by atoms with Crippen LogP contribution in [0, 0.1) is 17.8 Å². The molecule has 1 heterocycles. The Balaban J connectivity index is 1.22. The SMILES string of the molecule is O=C(NCCc1ccccc1)c1ccccc1NC(=O)C1CC2CCCC(C1)C21SCCS1. The Bertz CT molecular complexity index is 975. The third-order valence-electron chi connectivity index (χ3n) is 7.46. The molecule has 2 atom stereocenters. The number of carbonyl (C=O) groups excluding carboxylic acids is 2. The Morgan fingerprint density at radius 2 is 1.58 bits per heavy atom. The first-order valence-electron chi connectivity index (χ1n) is 12.2. The van der Waals surface area contributed by atoms with Crippen molar-refractivity contribution < 1.29 is 9.59 Å². The van der Waals surface area contributed by atoms with E-state index in [1.54, 1.807) is 6.07 Å². The number of para-hydroxylation sites is 1. The fourth-order valence-corrected chi connectivity index (χ4v) is 9.85. The van der Waals surface area contributed by atoms with Crippen LogP contribution in [0.25, 0.3) is 0 Å². The predicted octanol–water partition coefficient (Wildman–Crippen LogP) is 5.60. The molecular formula is C27H32N2O2S2. The molecule has 2 bridgehead atoms. The number of carbonyl (C=O) groups is 2. The number of hydrogen-bond donors (Lipinski definition) is 2. The highest BCUT2D eigenvalue weighted by molar-refractivity contribution is 8.21. The van der Waals surface area contributed by atoms with Crippen LogP contribution in [0.5, 0.6) is 0 Å². The van der Waals surface area contributed by atoms with E-state index in [2.05, 4.69) is 46.3 Å². The maximum absolute atomic E-state index is 13.3. The van der Waals surface area contributed by atoms with Gasteiger partial charge in [0, 0.05) is 24.0 Å². The first-order chi connectivity index (χ1) is 16.2. The van der Waals surface area contributed by atoms with E-state index in [0.717, 1.165) is 19.3 Å². The Morgan fingerprint density at radius 3 is 2.30 bits per heavy atom. The van der Waals surface area contributed by atoms with Crippen LogP contribution in [0.15, 0.2) is 54.6 Å². The monoisotopic (exact) mass is 480 g/mol. The van der Waals surface area contributed by atoms with E-state index >= 15 is 0 Å². The van der Waals surface area contributed by atoms with Gasteiger partial charge < -0.3 is 10.6 Å². The normalized spacial score (nSPS) is 25.5. The molecule has 3 aliphatic rings. The molecule has 33 heavy (non-hydrogen) atoms. The first kappa shape index (κ1) is 22.9. The van der Waals surface area contributed by atoms with E-state index in [9.17, 15) is 9.59 Å². The molecule has 2 unspecified atom stereocenters. The fraction of sp³-hybridized carbons (Fsp3) is 0.481. The van der Waals surface area contributed by atoms with Crippen LogP contribution in [0.2, 0.25) is 0 Å². The van der Waals surface area contributed by atoms with Gasteiger partial charge >= 0.3 is 0 Å². The van der Waals surface area contributed by atoms with Crippen LogP contribution < -0.4 is 10.6 Å². The largest absolute Gasteiger partial charge is 0.352 e. The maximum atomic E-state index is 13.3. The van der Waals surface area contributed by atoms with Gasteiger partial charge in [0.05, 0.1) is 15.3 Å². The number of amides is 2. The molecule has 2 aromatic rings. The second-order valence-corrected chi connectivity index (χ2v) is 12.4. The molecule has 5 rings (SSSR count). The lowest BCUT2D eigenvalue weighted by Gasteiger charge is -2.52. The quantitative estimate of drug-likeness (QED) is 0.565. The van der Waals surface area contributed by atoms with Gasteiger partial charge in [0.2, 0.25) is 5.91 Å². The zero-order valence-corrected chi connectivity index (χ0v) is 20.6. The van der Waals surface area contributed by atoms with Gasteiger partial charge in [-0.05, 0) is 61.6 Å². The number of benzene rings is 2. The van der Waals surface area contributed by atoms with E-state index < -0.39 is 0 Å². The van der Waals surface area contributed by atoms with Gasteiger partial charge in [0.25, 0.3) is 5.91 Å². The van der Waals surface area contributed by atoms with Crippen LogP contribution in [0.4, 0.5) is 5.69 Å². The van der Waals surface area contributed by atoms with Crippen LogP contribution >= 0.6 is 23.5 Å². The summed E-state index contributed by atoms with van der Waals surface area (Å²) in [6.45, 7) is 0.564. The molecule has 4 nitrogen and oxygen atoms in total. The summed E-state index contributed by atoms with van der Waals surface area (Å²) in [6.07, 6.45) is 6.55. The molecule has 2 aromatic carbocycles. The molecule has 2 aliphatic carbocycles. The van der Waals surface area contributed by atoms with Crippen molar-refractivity contribution >= 4 is 41.0 Å². The van der Waals surface area contributed by atoms with E-state index in [4.69, 9.17) is 0 Å². The first-order valence-corrected chi connectivity index (χ1v) is 14.1. The molecule has 1 saturated heterocycles. The Labute approximate surface area is 205 Å². The average Bonchev–Trinajstić information content (AvgIpc) is 3.29. The average molecular weight is 481 g/mol. The molecule has 2 saturated carbocycles. The summed E-state index contributed by atoms with van der Waals surface area (Å²) in [5, 5.41) is 6.13. The molecule has 2 N–H and O–H groups in total. The minimum Gasteiger partial charge on any atom is -0.352 e. The molecule has 3 fully saturated rings. The van der Waals surface area contributed by atoms with Crippen molar-refractivity contribution in [3.05, 3.63) is 65.7 Å². The molecule has 0 radical (unpaired) electrons. The standard InChI is InChI=1S/C27H32N2O2S2/c30-25(20-17-21-9-6-10-22(18-20)27(21)32-15-16-33-27)29-24-12-5-4-11-23(24)26(31)28-14-13-19-7-2-1-3-8-19/h1-5,7-8,11-12,20-22H,6,9-10,13-18H2,(H,28,31)(H,29,30). The van der Waals surface area contributed by atoms with Gasteiger partial charge in [-0.2, -0.15) is 0 Å². The van der Waals surface area contributed by atoms with Crippen molar-refractivity contribution in [3.8, 4) is 0 Å². The third-order valence-corrected chi connectivity index (χ3v) is 11.5. The highest BCUT2D eigenvalue weighted by atomic mass is 32.2.